The highest BCUT2D eigenvalue weighted by Crippen LogP contribution is 2.29. The van der Waals surface area contributed by atoms with Crippen LogP contribution in [0, 0.1) is 17.2 Å². The molecule has 0 spiro atoms. The third-order valence-corrected chi connectivity index (χ3v) is 3.13. The van der Waals surface area contributed by atoms with Gasteiger partial charge in [-0.3, -0.25) is 0 Å². The molecular weight excluding hydrogens is 232 g/mol. The number of nitrogens with zero attached hydrogens (tertiary/aromatic N) is 3. The first-order chi connectivity index (χ1) is 8.33. The molecule has 0 saturated heterocycles. The Balaban J connectivity index is 2.16. The third kappa shape index (κ3) is 3.46. The topological polar surface area (TPSA) is 61.6 Å². The van der Waals surface area contributed by atoms with E-state index in [4.69, 9.17) is 5.26 Å². The van der Waals surface area contributed by atoms with Crippen LogP contribution in [0.25, 0.3) is 6.08 Å². The SMILES string of the molecule is CSc1ncc(C=CC#N)c(NCC2CC2)n1. The van der Waals surface area contributed by atoms with Gasteiger partial charge in [-0.05, 0) is 31.1 Å². The molecule has 2 rings (SSSR count). The Morgan fingerprint density at radius 2 is 2.47 bits per heavy atom. The molecule has 1 N–H and O–H groups in total. The maximum absolute atomic E-state index is 8.55. The maximum atomic E-state index is 8.55. The van der Waals surface area contributed by atoms with Gasteiger partial charge in [0.15, 0.2) is 5.16 Å². The van der Waals surface area contributed by atoms with Crippen LogP contribution >= 0.6 is 11.8 Å². The monoisotopic (exact) mass is 246 g/mol. The minimum absolute atomic E-state index is 0.748. The average Bonchev–Trinajstić information content (AvgIpc) is 3.18. The van der Waals surface area contributed by atoms with Crippen molar-refractivity contribution < 1.29 is 0 Å². The van der Waals surface area contributed by atoms with Crippen LogP contribution in [-0.2, 0) is 0 Å². The predicted octanol–water partition coefficient (Wildman–Crippen LogP) is 2.56. The highest BCUT2D eigenvalue weighted by molar-refractivity contribution is 7.98. The fraction of sp³-hybridized carbons (Fsp3) is 0.417. The van der Waals surface area contributed by atoms with Crippen LogP contribution in [0.5, 0.6) is 0 Å². The number of hydrogen-bond donors (Lipinski definition) is 1. The lowest BCUT2D eigenvalue weighted by Gasteiger charge is -2.08. The van der Waals surface area contributed by atoms with Crippen molar-refractivity contribution in [1.82, 2.24) is 9.97 Å². The lowest BCUT2D eigenvalue weighted by Crippen LogP contribution is -2.07. The molecule has 1 aliphatic rings. The second kappa shape index (κ2) is 5.69. The first kappa shape index (κ1) is 11.9. The molecule has 17 heavy (non-hydrogen) atoms. The number of nitrogens with one attached hydrogen (secondary N) is 1. The standard InChI is InChI=1S/C12H14N4S/c1-17-12-15-8-10(3-2-6-13)11(16-12)14-7-9-4-5-9/h2-3,8-9H,4-5,7H2,1H3,(H,14,15,16). The maximum Gasteiger partial charge on any atom is 0.189 e. The van der Waals surface area contributed by atoms with E-state index in [2.05, 4.69) is 15.3 Å². The quantitative estimate of drug-likeness (QED) is 0.491. The molecule has 5 heteroatoms. The van der Waals surface area contributed by atoms with Crippen LogP contribution in [0.2, 0.25) is 0 Å². The Labute approximate surface area is 105 Å². The molecule has 1 fully saturated rings. The van der Waals surface area contributed by atoms with E-state index < -0.39 is 0 Å². The molecule has 0 bridgehead atoms. The fourth-order valence-electron chi connectivity index (χ4n) is 1.43. The normalized spacial score (nSPS) is 14.8. The van der Waals surface area contributed by atoms with E-state index in [0.29, 0.717) is 0 Å². The van der Waals surface area contributed by atoms with E-state index in [0.717, 1.165) is 29.0 Å². The van der Waals surface area contributed by atoms with Gasteiger partial charge in [-0.1, -0.05) is 11.8 Å². The molecule has 88 valence electrons. The van der Waals surface area contributed by atoms with Gasteiger partial charge in [0.1, 0.15) is 5.82 Å². The van der Waals surface area contributed by atoms with Crippen molar-refractivity contribution in [3.63, 3.8) is 0 Å². The van der Waals surface area contributed by atoms with Crippen LogP contribution in [0.1, 0.15) is 18.4 Å². The van der Waals surface area contributed by atoms with Crippen LogP contribution in [-0.4, -0.2) is 22.8 Å². The van der Waals surface area contributed by atoms with Gasteiger partial charge in [0.25, 0.3) is 0 Å². The summed E-state index contributed by atoms with van der Waals surface area (Å²) in [7, 11) is 0. The second-order valence-electron chi connectivity index (χ2n) is 3.95. The largest absolute Gasteiger partial charge is 0.369 e. The highest BCUT2D eigenvalue weighted by Gasteiger charge is 2.21. The summed E-state index contributed by atoms with van der Waals surface area (Å²) >= 11 is 1.51. The van der Waals surface area contributed by atoms with Gasteiger partial charge >= 0.3 is 0 Å². The summed E-state index contributed by atoms with van der Waals surface area (Å²) in [5, 5.41) is 12.6. The average molecular weight is 246 g/mol. The highest BCUT2D eigenvalue weighted by atomic mass is 32.2. The molecule has 0 unspecified atom stereocenters. The molecular formula is C12H14N4S. The number of aromatic nitrogens is 2. The van der Waals surface area contributed by atoms with Crippen molar-refractivity contribution in [2.24, 2.45) is 5.92 Å². The van der Waals surface area contributed by atoms with Gasteiger partial charge in [0, 0.05) is 24.4 Å². The molecule has 0 radical (unpaired) electrons. The third-order valence-electron chi connectivity index (χ3n) is 2.57. The van der Waals surface area contributed by atoms with E-state index in [1.807, 2.05) is 12.3 Å². The molecule has 1 aromatic heterocycles. The summed E-state index contributed by atoms with van der Waals surface area (Å²) in [6, 6.07) is 1.98. The molecule has 0 aromatic carbocycles. The molecule has 0 atom stereocenters. The van der Waals surface area contributed by atoms with Crippen molar-refractivity contribution >= 4 is 23.7 Å². The van der Waals surface area contributed by atoms with E-state index in [1.165, 1.54) is 30.7 Å². The Hall–Kier alpha value is -1.54. The zero-order valence-corrected chi connectivity index (χ0v) is 10.5. The lowest BCUT2D eigenvalue weighted by molar-refractivity contribution is 0.867. The molecule has 1 aliphatic carbocycles. The van der Waals surface area contributed by atoms with Crippen molar-refractivity contribution in [3.05, 3.63) is 17.8 Å². The summed E-state index contributed by atoms with van der Waals surface area (Å²) in [6.07, 6.45) is 9.49. The predicted molar refractivity (Wildman–Crippen MR) is 69.7 cm³/mol. The van der Waals surface area contributed by atoms with Gasteiger partial charge in [-0.15, -0.1) is 0 Å². The summed E-state index contributed by atoms with van der Waals surface area (Å²) in [5.74, 6) is 1.61. The lowest BCUT2D eigenvalue weighted by atomic mass is 10.2. The van der Waals surface area contributed by atoms with Gasteiger partial charge in [0.2, 0.25) is 0 Å². The number of thioether (sulfide) groups is 1. The van der Waals surface area contributed by atoms with E-state index in [9.17, 15) is 0 Å². The van der Waals surface area contributed by atoms with E-state index >= 15 is 0 Å². The van der Waals surface area contributed by atoms with Crippen molar-refractivity contribution in [3.8, 4) is 6.07 Å². The van der Waals surface area contributed by atoms with Crippen molar-refractivity contribution in [2.75, 3.05) is 18.1 Å². The molecule has 1 heterocycles. The fourth-order valence-corrected chi connectivity index (χ4v) is 1.77. The second-order valence-corrected chi connectivity index (χ2v) is 4.72. The Morgan fingerprint density at radius 3 is 3.12 bits per heavy atom. The van der Waals surface area contributed by atoms with E-state index in [-0.39, 0.29) is 0 Å². The molecule has 4 nitrogen and oxygen atoms in total. The molecule has 0 aliphatic heterocycles. The zero-order valence-electron chi connectivity index (χ0n) is 9.68. The van der Waals surface area contributed by atoms with Gasteiger partial charge in [-0.2, -0.15) is 5.26 Å². The minimum Gasteiger partial charge on any atom is -0.369 e. The number of allylic oxidation sites excluding steroid dienone is 1. The number of anilines is 1. The molecule has 1 aromatic rings. The van der Waals surface area contributed by atoms with E-state index in [1.54, 1.807) is 12.3 Å². The van der Waals surface area contributed by atoms with Gasteiger partial charge in [0.05, 0.1) is 6.07 Å². The first-order valence-electron chi connectivity index (χ1n) is 5.54. The Kier molecular flexibility index (Phi) is 3.99. The Bertz CT molecular complexity index is 460. The smallest absolute Gasteiger partial charge is 0.189 e. The zero-order chi connectivity index (χ0) is 12.1. The summed E-state index contributed by atoms with van der Waals surface area (Å²) < 4.78 is 0. The summed E-state index contributed by atoms with van der Waals surface area (Å²) in [4.78, 5) is 8.63. The van der Waals surface area contributed by atoms with Crippen LogP contribution in [0.3, 0.4) is 0 Å². The van der Waals surface area contributed by atoms with Crippen LogP contribution in [0.4, 0.5) is 5.82 Å². The van der Waals surface area contributed by atoms with Gasteiger partial charge in [-0.25, -0.2) is 9.97 Å². The van der Waals surface area contributed by atoms with Crippen LogP contribution in [0.15, 0.2) is 17.4 Å². The first-order valence-corrected chi connectivity index (χ1v) is 6.77. The van der Waals surface area contributed by atoms with Crippen molar-refractivity contribution in [1.29, 1.82) is 5.26 Å². The van der Waals surface area contributed by atoms with Crippen molar-refractivity contribution in [2.45, 2.75) is 18.0 Å². The molecule has 0 amide bonds. The number of hydrogen-bond acceptors (Lipinski definition) is 5. The van der Waals surface area contributed by atoms with Gasteiger partial charge < -0.3 is 5.32 Å². The molecule has 1 saturated carbocycles. The Morgan fingerprint density at radius 1 is 1.65 bits per heavy atom. The summed E-state index contributed by atoms with van der Waals surface area (Å²) in [6.45, 7) is 0.957. The van der Waals surface area contributed by atoms with Crippen LogP contribution < -0.4 is 5.32 Å². The minimum atomic E-state index is 0.748. The summed E-state index contributed by atoms with van der Waals surface area (Å²) in [5.41, 5.74) is 0.866. The number of rotatable bonds is 5. The number of nitriles is 1.